The molecule has 0 aromatic carbocycles. The highest BCUT2D eigenvalue weighted by atomic mass is 79.9. The van der Waals surface area contributed by atoms with Crippen molar-refractivity contribution in [3.8, 4) is 0 Å². The number of allylic oxidation sites excluding steroid dienone is 2. The van der Waals surface area contributed by atoms with E-state index in [-0.39, 0.29) is 0 Å². The van der Waals surface area contributed by atoms with Crippen LogP contribution in [0, 0.1) is 0 Å². The van der Waals surface area contributed by atoms with Gasteiger partial charge in [0, 0.05) is 5.33 Å². The van der Waals surface area contributed by atoms with Crippen LogP contribution in [0.25, 0.3) is 0 Å². The van der Waals surface area contributed by atoms with Crippen molar-refractivity contribution in [1.82, 2.24) is 0 Å². The first-order chi connectivity index (χ1) is 10.8. The first-order valence-electron chi connectivity index (χ1n) is 10.0. The Morgan fingerprint density at radius 3 is 1.59 bits per heavy atom. The molecule has 0 fully saturated rings. The Bertz CT molecular complexity index is 232. The molecule has 0 rings (SSSR count). The van der Waals surface area contributed by atoms with E-state index in [4.69, 9.17) is 0 Å². The molecule has 0 aliphatic carbocycles. The number of halogens is 1. The van der Waals surface area contributed by atoms with E-state index in [0.717, 1.165) is 5.33 Å². The second kappa shape index (κ2) is 19.3. The quantitative estimate of drug-likeness (QED) is 0.136. The minimum atomic E-state index is 1.13. The van der Waals surface area contributed by atoms with E-state index in [1.54, 1.807) is 5.57 Å². The predicted molar refractivity (Wildman–Crippen MR) is 107 cm³/mol. The molecule has 0 radical (unpaired) electrons. The monoisotopic (exact) mass is 372 g/mol. The fourth-order valence-electron chi connectivity index (χ4n) is 2.95. The Labute approximate surface area is 149 Å². The highest BCUT2D eigenvalue weighted by Crippen LogP contribution is 2.14. The van der Waals surface area contributed by atoms with Crippen molar-refractivity contribution in [3.63, 3.8) is 0 Å². The summed E-state index contributed by atoms with van der Waals surface area (Å²) in [5.74, 6) is 0. The van der Waals surface area contributed by atoms with Crippen LogP contribution in [0.2, 0.25) is 0 Å². The number of unbranched alkanes of at least 4 members (excludes halogenated alkanes) is 13. The molecule has 0 heterocycles. The molecule has 0 saturated heterocycles. The number of rotatable bonds is 17. The average molecular weight is 373 g/mol. The topological polar surface area (TPSA) is 0 Å². The first-order valence-corrected chi connectivity index (χ1v) is 11.1. The summed E-state index contributed by atoms with van der Waals surface area (Å²) in [4.78, 5) is 0. The largest absolute Gasteiger partial charge is 0.0928 e. The minimum Gasteiger partial charge on any atom is -0.0928 e. The molecule has 132 valence electrons. The first kappa shape index (κ1) is 22.2. The summed E-state index contributed by atoms with van der Waals surface area (Å²) in [5.41, 5.74) is 1.60. The van der Waals surface area contributed by atoms with Gasteiger partial charge >= 0.3 is 0 Å². The van der Waals surface area contributed by atoms with Crippen molar-refractivity contribution >= 4 is 15.9 Å². The molecule has 0 N–H and O–H groups in total. The van der Waals surface area contributed by atoms with E-state index in [0.29, 0.717) is 0 Å². The van der Waals surface area contributed by atoms with Crippen LogP contribution in [0.15, 0.2) is 11.6 Å². The highest BCUT2D eigenvalue weighted by Gasteiger charge is 1.95. The summed E-state index contributed by atoms with van der Waals surface area (Å²) in [5, 5.41) is 1.13. The van der Waals surface area contributed by atoms with Gasteiger partial charge in [0.2, 0.25) is 0 Å². The van der Waals surface area contributed by atoms with Crippen LogP contribution < -0.4 is 0 Å². The van der Waals surface area contributed by atoms with Crippen molar-refractivity contribution in [3.05, 3.63) is 11.6 Å². The molecule has 0 aliphatic heterocycles. The van der Waals surface area contributed by atoms with Gasteiger partial charge in [-0.15, -0.1) is 0 Å². The molecule has 1 heteroatoms. The van der Waals surface area contributed by atoms with E-state index in [1.807, 2.05) is 0 Å². The number of alkyl halides is 1. The molecule has 0 bridgehead atoms. The van der Waals surface area contributed by atoms with Gasteiger partial charge in [0.25, 0.3) is 0 Å². The van der Waals surface area contributed by atoms with Gasteiger partial charge in [0.05, 0.1) is 0 Å². The molecular weight excluding hydrogens is 332 g/mol. The SMILES string of the molecule is CCCCCCCCCCCCCCC/C(C)=C/CCCBr. The Hall–Kier alpha value is 0.220. The smallest absolute Gasteiger partial charge is 0.00342 e. The summed E-state index contributed by atoms with van der Waals surface area (Å²) in [7, 11) is 0. The second-order valence-electron chi connectivity index (χ2n) is 6.87. The van der Waals surface area contributed by atoms with E-state index >= 15 is 0 Å². The number of hydrogen-bond acceptors (Lipinski definition) is 0. The summed E-state index contributed by atoms with van der Waals surface area (Å²) < 4.78 is 0. The average Bonchev–Trinajstić information content (AvgIpc) is 2.52. The highest BCUT2D eigenvalue weighted by molar-refractivity contribution is 9.09. The number of hydrogen-bond donors (Lipinski definition) is 0. The van der Waals surface area contributed by atoms with Crippen molar-refractivity contribution in [1.29, 1.82) is 0 Å². The lowest BCUT2D eigenvalue weighted by atomic mass is 10.0. The normalized spacial score (nSPS) is 12.0. The van der Waals surface area contributed by atoms with Crippen LogP contribution in [0.4, 0.5) is 0 Å². The lowest BCUT2D eigenvalue weighted by Gasteiger charge is -2.04. The van der Waals surface area contributed by atoms with Crippen LogP contribution in [-0.2, 0) is 0 Å². The Morgan fingerprint density at radius 1 is 0.682 bits per heavy atom. The summed E-state index contributed by atoms with van der Waals surface area (Å²) in [6.45, 7) is 4.59. The van der Waals surface area contributed by atoms with Crippen molar-refractivity contribution in [2.45, 2.75) is 117 Å². The van der Waals surface area contributed by atoms with Crippen LogP contribution >= 0.6 is 15.9 Å². The zero-order chi connectivity index (χ0) is 16.3. The van der Waals surface area contributed by atoms with Gasteiger partial charge < -0.3 is 0 Å². The third kappa shape index (κ3) is 18.3. The van der Waals surface area contributed by atoms with Crippen molar-refractivity contribution in [2.24, 2.45) is 0 Å². The maximum atomic E-state index is 3.49. The molecule has 0 amide bonds. The molecule has 0 aromatic rings. The predicted octanol–water partition coefficient (Wildman–Crippen LogP) is 8.59. The maximum Gasteiger partial charge on any atom is 0.00342 e. The van der Waals surface area contributed by atoms with Gasteiger partial charge in [-0.25, -0.2) is 0 Å². The van der Waals surface area contributed by atoms with E-state index < -0.39 is 0 Å². The summed E-state index contributed by atoms with van der Waals surface area (Å²) in [6, 6.07) is 0. The maximum absolute atomic E-state index is 3.49. The van der Waals surface area contributed by atoms with Gasteiger partial charge in [0.1, 0.15) is 0 Å². The van der Waals surface area contributed by atoms with Crippen LogP contribution in [-0.4, -0.2) is 5.33 Å². The molecule has 0 aliphatic rings. The van der Waals surface area contributed by atoms with Gasteiger partial charge in [-0.3, -0.25) is 0 Å². The molecule has 0 saturated carbocycles. The molecule has 22 heavy (non-hydrogen) atoms. The lowest BCUT2D eigenvalue weighted by molar-refractivity contribution is 0.539. The fraction of sp³-hybridized carbons (Fsp3) is 0.905. The van der Waals surface area contributed by atoms with Gasteiger partial charge in [-0.2, -0.15) is 0 Å². The van der Waals surface area contributed by atoms with Gasteiger partial charge in [-0.05, 0) is 32.6 Å². The molecule has 0 atom stereocenters. The zero-order valence-corrected chi connectivity index (χ0v) is 17.1. The Kier molecular flexibility index (Phi) is 19.5. The van der Waals surface area contributed by atoms with Crippen molar-refractivity contribution in [2.75, 3.05) is 5.33 Å². The van der Waals surface area contributed by atoms with E-state index in [9.17, 15) is 0 Å². The molecule has 0 unspecified atom stereocenters. The second-order valence-corrected chi connectivity index (χ2v) is 7.67. The Balaban J connectivity index is 3.12. The van der Waals surface area contributed by atoms with Crippen LogP contribution in [0.3, 0.4) is 0 Å². The van der Waals surface area contributed by atoms with Gasteiger partial charge in [-0.1, -0.05) is 112 Å². The van der Waals surface area contributed by atoms with Crippen molar-refractivity contribution < 1.29 is 0 Å². The fourth-order valence-corrected chi connectivity index (χ4v) is 3.27. The van der Waals surface area contributed by atoms with Crippen LogP contribution in [0.5, 0.6) is 0 Å². The van der Waals surface area contributed by atoms with E-state index in [1.165, 1.54) is 103 Å². The molecule has 0 spiro atoms. The van der Waals surface area contributed by atoms with E-state index in [2.05, 4.69) is 35.9 Å². The molecule has 0 aromatic heterocycles. The third-order valence-electron chi connectivity index (χ3n) is 4.51. The summed E-state index contributed by atoms with van der Waals surface area (Å²) >= 11 is 3.49. The Morgan fingerprint density at radius 2 is 1.14 bits per heavy atom. The summed E-state index contributed by atoms with van der Waals surface area (Å²) in [6.07, 6.45) is 25.1. The third-order valence-corrected chi connectivity index (χ3v) is 5.07. The minimum absolute atomic E-state index is 1.13. The van der Waals surface area contributed by atoms with Crippen LogP contribution in [0.1, 0.15) is 117 Å². The molecular formula is C21H41Br. The molecule has 0 nitrogen and oxygen atoms in total. The standard InChI is InChI=1S/C21H41Br/c1-3-4-5-6-7-8-9-10-11-12-13-14-15-18-21(2)19-16-17-20-22/h19H,3-18,20H2,1-2H3/b21-19+. The van der Waals surface area contributed by atoms with Gasteiger partial charge in [0.15, 0.2) is 0 Å². The zero-order valence-electron chi connectivity index (χ0n) is 15.5. The lowest BCUT2D eigenvalue weighted by Crippen LogP contribution is -1.84.